The van der Waals surface area contributed by atoms with E-state index in [-0.39, 0.29) is 5.41 Å². The molecule has 2 nitrogen and oxygen atoms in total. The van der Waals surface area contributed by atoms with Crippen molar-refractivity contribution in [3.8, 4) is 0 Å². The summed E-state index contributed by atoms with van der Waals surface area (Å²) in [6.45, 7) is 6.98. The summed E-state index contributed by atoms with van der Waals surface area (Å²) >= 11 is 0. The van der Waals surface area contributed by atoms with Crippen LogP contribution in [0.3, 0.4) is 0 Å². The fraction of sp³-hybridized carbons (Fsp3) is 0.833. The van der Waals surface area contributed by atoms with Gasteiger partial charge in [-0.1, -0.05) is 72.1 Å². The summed E-state index contributed by atoms with van der Waals surface area (Å²) in [7, 11) is 2.07. The van der Waals surface area contributed by atoms with Crippen LogP contribution >= 0.6 is 0 Å². The molecule has 20 heavy (non-hydrogen) atoms. The monoisotopic (exact) mass is 278 g/mol. The van der Waals surface area contributed by atoms with Gasteiger partial charge < -0.3 is 4.57 Å². The molecular formula is C18H34N2. The van der Waals surface area contributed by atoms with Crippen LogP contribution in [0.25, 0.3) is 0 Å². The number of hydrogen-bond acceptors (Lipinski definition) is 1. The normalized spacial score (nSPS) is 12.0. The lowest BCUT2D eigenvalue weighted by atomic mass is 9.77. The molecule has 0 radical (unpaired) electrons. The number of imidazole rings is 1. The topological polar surface area (TPSA) is 17.8 Å². The van der Waals surface area contributed by atoms with Crippen molar-refractivity contribution in [2.24, 2.45) is 7.05 Å². The van der Waals surface area contributed by atoms with Crippen LogP contribution in [-0.4, -0.2) is 9.55 Å². The summed E-state index contributed by atoms with van der Waals surface area (Å²) in [5, 5.41) is 0. The van der Waals surface area contributed by atoms with Gasteiger partial charge in [-0.25, -0.2) is 4.98 Å². The summed E-state index contributed by atoms with van der Waals surface area (Å²) in [5.41, 5.74) is 1.58. The molecule has 0 spiro atoms. The van der Waals surface area contributed by atoms with Gasteiger partial charge in [-0.15, -0.1) is 0 Å². The first kappa shape index (κ1) is 17.3. The molecule has 0 aromatic carbocycles. The molecule has 116 valence electrons. The van der Waals surface area contributed by atoms with Crippen molar-refractivity contribution >= 4 is 0 Å². The van der Waals surface area contributed by atoms with Gasteiger partial charge in [0.2, 0.25) is 0 Å². The number of unbranched alkanes of at least 4 members (excludes halogenated alkanes) is 6. The van der Waals surface area contributed by atoms with Crippen LogP contribution in [0.1, 0.15) is 90.7 Å². The zero-order chi connectivity index (χ0) is 14.8. The first-order valence-electron chi connectivity index (χ1n) is 8.61. The Hall–Kier alpha value is -0.790. The summed E-state index contributed by atoms with van der Waals surface area (Å²) < 4.78 is 2.09. The molecule has 0 atom stereocenters. The smallest absolute Gasteiger partial charge is 0.0947 e. The molecule has 1 heterocycles. The summed E-state index contributed by atoms with van der Waals surface area (Å²) in [5.74, 6) is 0. The fourth-order valence-corrected chi connectivity index (χ4v) is 2.99. The van der Waals surface area contributed by atoms with Crippen molar-refractivity contribution in [1.82, 2.24) is 9.55 Å². The van der Waals surface area contributed by atoms with Gasteiger partial charge in [-0.2, -0.15) is 0 Å². The minimum atomic E-state index is 0.280. The second kappa shape index (κ2) is 9.20. The second-order valence-corrected chi connectivity index (χ2v) is 6.61. The molecule has 0 aliphatic carbocycles. The van der Waals surface area contributed by atoms with Crippen LogP contribution in [-0.2, 0) is 12.5 Å². The number of rotatable bonds is 11. The van der Waals surface area contributed by atoms with Gasteiger partial charge in [0.25, 0.3) is 0 Å². The number of aryl methyl sites for hydroxylation is 1. The second-order valence-electron chi connectivity index (χ2n) is 6.61. The van der Waals surface area contributed by atoms with Crippen molar-refractivity contribution in [2.45, 2.75) is 90.4 Å². The van der Waals surface area contributed by atoms with Gasteiger partial charge in [-0.3, -0.25) is 0 Å². The predicted octanol–water partition coefficient (Wildman–Crippen LogP) is 5.62. The lowest BCUT2D eigenvalue weighted by Crippen LogP contribution is -2.22. The zero-order valence-corrected chi connectivity index (χ0v) is 14.1. The van der Waals surface area contributed by atoms with Crippen LogP contribution < -0.4 is 0 Å². The van der Waals surface area contributed by atoms with Crippen molar-refractivity contribution in [3.63, 3.8) is 0 Å². The molecule has 0 aliphatic rings. The van der Waals surface area contributed by atoms with Gasteiger partial charge in [0, 0.05) is 18.7 Å². The van der Waals surface area contributed by atoms with Crippen LogP contribution in [0, 0.1) is 0 Å². The Kier molecular flexibility index (Phi) is 7.94. The molecule has 1 aromatic heterocycles. The summed E-state index contributed by atoms with van der Waals surface area (Å²) in [4.78, 5) is 4.65. The Bertz CT molecular complexity index is 342. The molecule has 1 aromatic rings. The number of aromatic nitrogens is 2. The summed E-state index contributed by atoms with van der Waals surface area (Å²) in [6.07, 6.45) is 17.5. The molecule has 0 N–H and O–H groups in total. The van der Waals surface area contributed by atoms with Gasteiger partial charge >= 0.3 is 0 Å². The molecule has 0 bridgehead atoms. The first-order valence-corrected chi connectivity index (χ1v) is 8.61. The number of hydrogen-bond donors (Lipinski definition) is 0. The lowest BCUT2D eigenvalue weighted by Gasteiger charge is -2.28. The number of nitrogens with zero attached hydrogens (tertiary/aromatic N) is 2. The van der Waals surface area contributed by atoms with E-state index in [0.29, 0.717) is 0 Å². The minimum Gasteiger partial charge on any atom is -0.340 e. The molecule has 0 fully saturated rings. The highest BCUT2D eigenvalue weighted by Crippen LogP contribution is 2.34. The van der Waals surface area contributed by atoms with E-state index in [1.165, 1.54) is 69.9 Å². The van der Waals surface area contributed by atoms with E-state index in [1.807, 2.05) is 6.33 Å². The molecule has 0 aliphatic heterocycles. The quantitative estimate of drug-likeness (QED) is 0.480. The third-order valence-electron chi connectivity index (χ3n) is 4.49. The maximum Gasteiger partial charge on any atom is 0.0947 e. The maximum atomic E-state index is 4.65. The fourth-order valence-electron chi connectivity index (χ4n) is 2.99. The summed E-state index contributed by atoms with van der Waals surface area (Å²) in [6, 6.07) is 0. The minimum absolute atomic E-state index is 0.280. The van der Waals surface area contributed by atoms with Crippen molar-refractivity contribution in [3.05, 3.63) is 18.2 Å². The van der Waals surface area contributed by atoms with Crippen LogP contribution in [0.15, 0.2) is 12.5 Å². The van der Waals surface area contributed by atoms with E-state index < -0.39 is 0 Å². The van der Waals surface area contributed by atoms with Crippen LogP contribution in [0.5, 0.6) is 0 Å². The largest absolute Gasteiger partial charge is 0.340 e. The van der Waals surface area contributed by atoms with E-state index >= 15 is 0 Å². The van der Waals surface area contributed by atoms with Crippen molar-refractivity contribution in [1.29, 1.82) is 0 Å². The average Bonchev–Trinajstić information content (AvgIpc) is 2.87. The van der Waals surface area contributed by atoms with E-state index in [1.54, 1.807) is 0 Å². The molecular weight excluding hydrogens is 244 g/mol. The van der Waals surface area contributed by atoms with E-state index in [0.717, 1.165) is 0 Å². The first-order chi connectivity index (χ1) is 9.62. The Morgan fingerprint density at radius 2 is 1.50 bits per heavy atom. The average molecular weight is 278 g/mol. The Balaban J connectivity index is 2.57. The highest BCUT2D eigenvalue weighted by molar-refractivity contribution is 5.12. The van der Waals surface area contributed by atoms with Gasteiger partial charge in [0.15, 0.2) is 0 Å². The van der Waals surface area contributed by atoms with Gasteiger partial charge in [-0.05, 0) is 12.8 Å². The SMILES string of the molecule is CCCCCCC(C)(CCCCCC)c1cn(C)cn1. The highest BCUT2D eigenvalue weighted by atomic mass is 15.0. The van der Waals surface area contributed by atoms with E-state index in [9.17, 15) is 0 Å². The Morgan fingerprint density at radius 3 is 1.90 bits per heavy atom. The standard InChI is InChI=1S/C18H34N2/c1-5-7-9-11-13-18(3,14-12-10-8-6-2)17-15-20(4)16-19-17/h15-16H,5-14H2,1-4H3. The van der Waals surface area contributed by atoms with Crippen molar-refractivity contribution < 1.29 is 0 Å². The van der Waals surface area contributed by atoms with Crippen LogP contribution in [0.4, 0.5) is 0 Å². The Morgan fingerprint density at radius 1 is 0.950 bits per heavy atom. The molecule has 0 saturated carbocycles. The Labute approximate surface area is 126 Å². The van der Waals surface area contributed by atoms with Gasteiger partial charge in [0.05, 0.1) is 12.0 Å². The lowest BCUT2D eigenvalue weighted by molar-refractivity contribution is 0.356. The highest BCUT2D eigenvalue weighted by Gasteiger charge is 2.27. The van der Waals surface area contributed by atoms with Crippen molar-refractivity contribution in [2.75, 3.05) is 0 Å². The third kappa shape index (κ3) is 5.68. The third-order valence-corrected chi connectivity index (χ3v) is 4.49. The molecule has 0 saturated heterocycles. The molecule has 0 amide bonds. The maximum absolute atomic E-state index is 4.65. The molecule has 2 heteroatoms. The van der Waals surface area contributed by atoms with Gasteiger partial charge in [0.1, 0.15) is 0 Å². The van der Waals surface area contributed by atoms with E-state index in [4.69, 9.17) is 0 Å². The van der Waals surface area contributed by atoms with Crippen LogP contribution in [0.2, 0.25) is 0 Å². The molecule has 1 rings (SSSR count). The zero-order valence-electron chi connectivity index (χ0n) is 14.1. The van der Waals surface area contributed by atoms with E-state index in [2.05, 4.69) is 43.6 Å². The molecule has 0 unspecified atom stereocenters. The predicted molar refractivity (Wildman–Crippen MR) is 88.1 cm³/mol.